The molecule has 2 aliphatic rings. The van der Waals surface area contributed by atoms with Crippen molar-refractivity contribution in [1.82, 2.24) is 4.57 Å². The normalized spacial score (nSPS) is 20.0. The van der Waals surface area contributed by atoms with Crippen molar-refractivity contribution in [3.63, 3.8) is 0 Å². The van der Waals surface area contributed by atoms with Gasteiger partial charge in [0.2, 0.25) is 11.8 Å². The highest BCUT2D eigenvalue weighted by atomic mass is 32.2. The second-order valence-corrected chi connectivity index (χ2v) is 11.4. The lowest BCUT2D eigenvalue weighted by Crippen LogP contribution is -2.32. The zero-order chi connectivity index (χ0) is 28.0. The van der Waals surface area contributed by atoms with E-state index < -0.39 is 39.8 Å². The van der Waals surface area contributed by atoms with Crippen molar-refractivity contribution >= 4 is 57.9 Å². The van der Waals surface area contributed by atoms with Crippen LogP contribution in [0.5, 0.6) is 0 Å². The van der Waals surface area contributed by atoms with Crippen LogP contribution in [0.25, 0.3) is 0 Å². The predicted octanol–water partition coefficient (Wildman–Crippen LogP) is 3.24. The summed E-state index contributed by atoms with van der Waals surface area (Å²) in [5, 5.41) is 10.7. The molecule has 0 aliphatic carbocycles. The Morgan fingerprint density at radius 2 is 1.72 bits per heavy atom. The van der Waals surface area contributed by atoms with E-state index in [9.17, 15) is 29.3 Å². The predicted molar refractivity (Wildman–Crippen MR) is 147 cm³/mol. The highest BCUT2D eigenvalue weighted by Crippen LogP contribution is 2.54. The van der Waals surface area contributed by atoms with Crippen LogP contribution in [-0.4, -0.2) is 53.2 Å². The smallest absolute Gasteiger partial charge is 0.326 e. The summed E-state index contributed by atoms with van der Waals surface area (Å²) in [6, 6.07) is 12.8. The van der Waals surface area contributed by atoms with Crippen LogP contribution in [0.4, 0.5) is 17.1 Å². The number of thiazole rings is 1. The zero-order valence-electron chi connectivity index (χ0n) is 21.2. The Morgan fingerprint density at radius 1 is 1.05 bits per heavy atom. The number of amides is 2. The number of hydrogen-bond donors (Lipinski definition) is 0. The Labute approximate surface area is 231 Å². The first-order valence-corrected chi connectivity index (χ1v) is 13.8. The van der Waals surface area contributed by atoms with Crippen molar-refractivity contribution in [3.05, 3.63) is 78.8 Å². The van der Waals surface area contributed by atoms with Crippen LogP contribution in [0.3, 0.4) is 0 Å². The van der Waals surface area contributed by atoms with E-state index >= 15 is 0 Å². The van der Waals surface area contributed by atoms with Crippen LogP contribution in [0.1, 0.15) is 23.3 Å². The number of aromatic nitrogens is 1. The summed E-state index contributed by atoms with van der Waals surface area (Å²) in [5.74, 6) is -2.93. The molecule has 0 saturated carbocycles. The maximum Gasteiger partial charge on any atom is 0.326 e. The number of thioether (sulfide) groups is 1. The molecule has 1 saturated heterocycles. The van der Waals surface area contributed by atoms with E-state index in [-0.39, 0.29) is 29.4 Å². The first-order valence-electron chi connectivity index (χ1n) is 12.1. The van der Waals surface area contributed by atoms with Crippen LogP contribution < -0.4 is 14.7 Å². The molecule has 5 rings (SSSR count). The Kier molecular flexibility index (Phi) is 7.03. The fourth-order valence-electron chi connectivity index (χ4n) is 4.91. The number of carbonyl (C=O) groups is 3. The van der Waals surface area contributed by atoms with Crippen LogP contribution in [0.15, 0.2) is 58.4 Å². The van der Waals surface area contributed by atoms with Gasteiger partial charge in [0.15, 0.2) is 0 Å². The van der Waals surface area contributed by atoms with Gasteiger partial charge in [-0.2, -0.15) is 0 Å². The van der Waals surface area contributed by atoms with Gasteiger partial charge in [-0.15, -0.1) is 0 Å². The summed E-state index contributed by atoms with van der Waals surface area (Å²) in [6.45, 7) is 1.53. The van der Waals surface area contributed by atoms with Gasteiger partial charge >= 0.3 is 10.8 Å². The number of nitro groups is 1. The quantitative estimate of drug-likeness (QED) is 0.182. The van der Waals surface area contributed by atoms with Gasteiger partial charge in [-0.1, -0.05) is 35.2 Å². The van der Waals surface area contributed by atoms with Gasteiger partial charge in [-0.05, 0) is 36.8 Å². The average Bonchev–Trinajstić information content (AvgIpc) is 3.35. The molecule has 3 unspecified atom stereocenters. The molecule has 3 aromatic rings. The second kappa shape index (κ2) is 10.3. The molecule has 2 amide bonds. The number of imide groups is 1. The minimum atomic E-state index is -0.860. The van der Waals surface area contributed by atoms with E-state index in [1.807, 2.05) is 43.3 Å². The minimum absolute atomic E-state index is 0.159. The third-order valence-electron chi connectivity index (χ3n) is 6.73. The molecular formula is C26H24N4O7S2. The van der Waals surface area contributed by atoms with Crippen molar-refractivity contribution in [2.45, 2.75) is 29.7 Å². The number of non-ortho nitro benzene ring substituents is 1. The maximum atomic E-state index is 13.9. The number of esters is 1. The van der Waals surface area contributed by atoms with Crippen LogP contribution in [-0.2, 0) is 25.7 Å². The largest absolute Gasteiger partial charge is 0.465 e. The number of anilines is 2. The van der Waals surface area contributed by atoms with Crippen molar-refractivity contribution in [2.75, 3.05) is 30.5 Å². The molecule has 2 aromatic carbocycles. The number of nitrogens with zero attached hydrogens (tertiary/aromatic N) is 4. The SMILES string of the molecule is CCOC(=O)Cn1c2c(sc1=O)C(c1ccc(N(C)C)cc1)C1C(=O)N(c3ccc([N+](=O)[O-])cc3)C(=O)C1S2. The monoisotopic (exact) mass is 568 g/mol. The summed E-state index contributed by atoms with van der Waals surface area (Å²) in [5.41, 5.74) is 1.77. The topological polar surface area (TPSA) is 132 Å². The number of ether oxygens (including phenoxy) is 1. The first-order chi connectivity index (χ1) is 18.6. The molecule has 13 heteroatoms. The van der Waals surface area contributed by atoms with Gasteiger partial charge in [0.1, 0.15) is 11.8 Å². The number of nitro benzene ring substituents is 1. The highest BCUT2D eigenvalue weighted by Gasteiger charge is 2.56. The van der Waals surface area contributed by atoms with Gasteiger partial charge in [0.25, 0.3) is 5.69 Å². The van der Waals surface area contributed by atoms with Gasteiger partial charge in [-0.3, -0.25) is 33.9 Å². The van der Waals surface area contributed by atoms with Gasteiger partial charge in [0.05, 0.1) is 28.2 Å². The fourth-order valence-corrected chi connectivity index (χ4v) is 7.68. The maximum absolute atomic E-state index is 13.9. The summed E-state index contributed by atoms with van der Waals surface area (Å²) in [6.07, 6.45) is 0. The van der Waals surface area contributed by atoms with Crippen molar-refractivity contribution < 1.29 is 24.0 Å². The van der Waals surface area contributed by atoms with Gasteiger partial charge in [-0.25, -0.2) is 4.90 Å². The fraction of sp³-hybridized carbons (Fsp3) is 0.308. The third-order valence-corrected chi connectivity index (χ3v) is 9.33. The molecule has 3 atom stereocenters. The van der Waals surface area contributed by atoms with E-state index in [1.165, 1.54) is 28.8 Å². The molecular weight excluding hydrogens is 544 g/mol. The molecule has 0 bridgehead atoms. The molecule has 2 aliphatic heterocycles. The Morgan fingerprint density at radius 3 is 2.31 bits per heavy atom. The van der Waals surface area contributed by atoms with Crippen molar-refractivity contribution in [2.24, 2.45) is 5.92 Å². The van der Waals surface area contributed by atoms with Crippen LogP contribution in [0.2, 0.25) is 0 Å². The molecule has 0 N–H and O–H groups in total. The van der Waals surface area contributed by atoms with E-state index in [0.717, 1.165) is 39.2 Å². The minimum Gasteiger partial charge on any atom is -0.465 e. The molecule has 0 radical (unpaired) electrons. The lowest BCUT2D eigenvalue weighted by atomic mass is 9.83. The lowest BCUT2D eigenvalue weighted by Gasteiger charge is -2.31. The van der Waals surface area contributed by atoms with Crippen LogP contribution in [0, 0.1) is 16.0 Å². The average molecular weight is 569 g/mol. The summed E-state index contributed by atoms with van der Waals surface area (Å²) < 4.78 is 6.36. The summed E-state index contributed by atoms with van der Waals surface area (Å²) in [4.78, 5) is 66.7. The number of carbonyl (C=O) groups excluding carboxylic acids is 3. The molecule has 11 nitrogen and oxygen atoms in total. The van der Waals surface area contributed by atoms with Crippen molar-refractivity contribution in [1.29, 1.82) is 0 Å². The van der Waals surface area contributed by atoms with E-state index in [0.29, 0.717) is 9.90 Å². The standard InChI is InChI=1S/C26H24N4O7S2/c1-4-37-18(31)13-28-25-22(39-26(28)34)19(14-5-7-15(8-6-14)27(2)3)20-21(38-25)24(33)29(23(20)32)16-9-11-17(12-10-16)30(35)36/h5-12,19-21H,4,13H2,1-3H3. The summed E-state index contributed by atoms with van der Waals surface area (Å²) in [7, 11) is 3.81. The van der Waals surface area contributed by atoms with Gasteiger partial charge < -0.3 is 9.64 Å². The lowest BCUT2D eigenvalue weighted by molar-refractivity contribution is -0.384. The zero-order valence-corrected chi connectivity index (χ0v) is 22.9. The molecule has 3 heterocycles. The van der Waals surface area contributed by atoms with E-state index in [1.54, 1.807) is 6.92 Å². The third kappa shape index (κ3) is 4.61. The molecule has 0 spiro atoms. The Hall–Kier alpha value is -3.97. The van der Waals surface area contributed by atoms with E-state index in [2.05, 4.69) is 0 Å². The second-order valence-electron chi connectivity index (χ2n) is 9.24. The Balaban J connectivity index is 1.62. The number of fused-ring (bicyclic) bond motifs is 2. The van der Waals surface area contributed by atoms with Crippen LogP contribution >= 0.6 is 23.1 Å². The Bertz CT molecular complexity index is 1530. The summed E-state index contributed by atoms with van der Waals surface area (Å²) >= 11 is 2.05. The van der Waals surface area contributed by atoms with Gasteiger partial charge in [0, 0.05) is 42.7 Å². The van der Waals surface area contributed by atoms with E-state index in [4.69, 9.17) is 4.74 Å². The molecule has 202 valence electrons. The number of benzene rings is 2. The van der Waals surface area contributed by atoms with Crippen molar-refractivity contribution in [3.8, 4) is 0 Å². The first kappa shape index (κ1) is 26.6. The number of hydrogen-bond acceptors (Lipinski definition) is 10. The molecule has 1 fully saturated rings. The number of rotatable bonds is 7. The molecule has 39 heavy (non-hydrogen) atoms. The highest BCUT2D eigenvalue weighted by molar-refractivity contribution is 8.00. The molecule has 1 aromatic heterocycles.